The topological polar surface area (TPSA) is 60.5 Å². The van der Waals surface area contributed by atoms with Gasteiger partial charge >= 0.3 is 6.09 Å². The molecule has 0 saturated heterocycles. The lowest BCUT2D eigenvalue weighted by atomic mass is 10.1. The van der Waals surface area contributed by atoms with Crippen LogP contribution in [0.4, 0.5) is 14.9 Å². The van der Waals surface area contributed by atoms with E-state index in [1.807, 2.05) is 6.07 Å². The van der Waals surface area contributed by atoms with Gasteiger partial charge in [-0.15, -0.1) is 0 Å². The second-order valence-electron chi connectivity index (χ2n) is 6.51. The molecule has 1 aromatic heterocycles. The number of carbonyl (C=O) groups excluding carboxylic acids is 1. The van der Waals surface area contributed by atoms with E-state index in [0.29, 0.717) is 27.5 Å². The minimum atomic E-state index is -0.634. The SMILES string of the molecule is CC(Oc1ccc2nc(OC(=O)Nc3ccccc3)sc2c1)c1c(Cl)ccc(F)c1Cl. The third kappa shape index (κ3) is 4.90. The van der Waals surface area contributed by atoms with Gasteiger partial charge in [0.1, 0.15) is 17.7 Å². The number of benzene rings is 3. The highest BCUT2D eigenvalue weighted by atomic mass is 35.5. The number of fused-ring (bicyclic) bond motifs is 1. The molecular weight excluding hydrogens is 462 g/mol. The summed E-state index contributed by atoms with van der Waals surface area (Å²) in [5.41, 5.74) is 1.64. The van der Waals surface area contributed by atoms with Gasteiger partial charge in [-0.1, -0.05) is 52.7 Å². The molecule has 31 heavy (non-hydrogen) atoms. The molecule has 0 spiro atoms. The monoisotopic (exact) mass is 476 g/mol. The van der Waals surface area contributed by atoms with Crippen LogP contribution in [0.5, 0.6) is 10.9 Å². The van der Waals surface area contributed by atoms with E-state index in [0.717, 1.165) is 4.70 Å². The highest BCUT2D eigenvalue weighted by Gasteiger charge is 2.19. The van der Waals surface area contributed by atoms with Crippen molar-refractivity contribution in [3.8, 4) is 10.9 Å². The van der Waals surface area contributed by atoms with Crippen molar-refractivity contribution in [3.05, 3.63) is 82.1 Å². The third-order valence-electron chi connectivity index (χ3n) is 4.34. The number of ether oxygens (including phenoxy) is 2. The van der Waals surface area contributed by atoms with Crippen LogP contribution in [-0.4, -0.2) is 11.1 Å². The molecule has 0 bridgehead atoms. The van der Waals surface area contributed by atoms with Gasteiger partial charge < -0.3 is 9.47 Å². The highest BCUT2D eigenvalue weighted by Crippen LogP contribution is 2.36. The fourth-order valence-electron chi connectivity index (χ4n) is 2.92. The van der Waals surface area contributed by atoms with Gasteiger partial charge in [0.2, 0.25) is 0 Å². The average Bonchev–Trinajstić information content (AvgIpc) is 3.13. The fourth-order valence-corrected chi connectivity index (χ4v) is 4.44. The van der Waals surface area contributed by atoms with Crippen molar-refractivity contribution in [2.75, 3.05) is 5.32 Å². The van der Waals surface area contributed by atoms with Crippen LogP contribution in [0.15, 0.2) is 60.7 Å². The normalized spacial score (nSPS) is 11.9. The van der Waals surface area contributed by atoms with Crippen molar-refractivity contribution < 1.29 is 18.7 Å². The Balaban J connectivity index is 1.49. The minimum Gasteiger partial charge on any atom is -0.486 e. The summed E-state index contributed by atoms with van der Waals surface area (Å²) in [6.45, 7) is 1.73. The molecule has 0 aliphatic rings. The number of aromatic nitrogens is 1. The molecule has 1 unspecified atom stereocenters. The van der Waals surface area contributed by atoms with E-state index in [-0.39, 0.29) is 10.2 Å². The van der Waals surface area contributed by atoms with E-state index in [2.05, 4.69) is 10.3 Å². The number of amides is 1. The lowest BCUT2D eigenvalue weighted by molar-refractivity contribution is 0.215. The van der Waals surface area contributed by atoms with Crippen molar-refractivity contribution in [1.82, 2.24) is 4.98 Å². The summed E-state index contributed by atoms with van der Waals surface area (Å²) in [5.74, 6) is -0.0506. The number of nitrogens with one attached hydrogen (secondary N) is 1. The number of hydrogen-bond acceptors (Lipinski definition) is 5. The Morgan fingerprint density at radius 2 is 1.90 bits per heavy atom. The first-order valence-corrected chi connectivity index (χ1v) is 10.7. The zero-order valence-corrected chi connectivity index (χ0v) is 18.4. The number of halogens is 3. The largest absolute Gasteiger partial charge is 0.486 e. The Morgan fingerprint density at radius 1 is 1.13 bits per heavy atom. The first-order chi connectivity index (χ1) is 14.9. The van der Waals surface area contributed by atoms with E-state index in [1.165, 1.54) is 23.5 Å². The van der Waals surface area contributed by atoms with Gasteiger partial charge in [-0.2, -0.15) is 0 Å². The number of hydrogen-bond donors (Lipinski definition) is 1. The first kappa shape index (κ1) is 21.4. The molecule has 1 atom stereocenters. The quantitative estimate of drug-likeness (QED) is 0.303. The minimum absolute atomic E-state index is 0.0704. The number of para-hydroxylation sites is 1. The zero-order valence-electron chi connectivity index (χ0n) is 16.1. The summed E-state index contributed by atoms with van der Waals surface area (Å²) in [5, 5.41) is 3.08. The Hall–Kier alpha value is -2.87. The van der Waals surface area contributed by atoms with E-state index in [9.17, 15) is 9.18 Å². The van der Waals surface area contributed by atoms with Crippen LogP contribution >= 0.6 is 34.5 Å². The van der Waals surface area contributed by atoms with Crippen LogP contribution in [0.2, 0.25) is 10.0 Å². The molecule has 1 heterocycles. The van der Waals surface area contributed by atoms with E-state index >= 15 is 0 Å². The van der Waals surface area contributed by atoms with Crippen molar-refractivity contribution in [2.24, 2.45) is 0 Å². The molecule has 158 valence electrons. The number of thiazole rings is 1. The van der Waals surface area contributed by atoms with Gasteiger partial charge in [0.15, 0.2) is 0 Å². The fraction of sp³-hybridized carbons (Fsp3) is 0.0909. The van der Waals surface area contributed by atoms with Crippen LogP contribution in [0.25, 0.3) is 10.2 Å². The van der Waals surface area contributed by atoms with Crippen LogP contribution in [0.1, 0.15) is 18.6 Å². The summed E-state index contributed by atoms with van der Waals surface area (Å²) >= 11 is 13.4. The second kappa shape index (κ2) is 9.09. The van der Waals surface area contributed by atoms with Crippen LogP contribution < -0.4 is 14.8 Å². The molecule has 0 aliphatic carbocycles. The predicted octanol–water partition coefficient (Wildman–Crippen LogP) is 7.49. The molecule has 1 amide bonds. The molecular formula is C22H15Cl2FN2O3S. The molecule has 4 rings (SSSR count). The summed E-state index contributed by atoms with van der Waals surface area (Å²) < 4.78 is 25.8. The number of anilines is 1. The predicted molar refractivity (Wildman–Crippen MR) is 121 cm³/mol. The summed E-state index contributed by atoms with van der Waals surface area (Å²) in [4.78, 5) is 16.4. The molecule has 1 N–H and O–H groups in total. The molecule has 0 aliphatic heterocycles. The molecule has 4 aromatic rings. The molecule has 0 fully saturated rings. The first-order valence-electron chi connectivity index (χ1n) is 9.15. The van der Waals surface area contributed by atoms with Crippen molar-refractivity contribution in [1.29, 1.82) is 0 Å². The molecule has 0 saturated carbocycles. The maximum Gasteiger partial charge on any atom is 0.419 e. The average molecular weight is 477 g/mol. The van der Waals surface area contributed by atoms with Gasteiger partial charge in [0.05, 0.1) is 15.2 Å². The number of nitrogens with zero attached hydrogens (tertiary/aromatic N) is 1. The Morgan fingerprint density at radius 3 is 2.68 bits per heavy atom. The van der Waals surface area contributed by atoms with Crippen LogP contribution in [-0.2, 0) is 0 Å². The molecule has 0 radical (unpaired) electrons. The Bertz CT molecular complexity index is 1250. The highest BCUT2D eigenvalue weighted by molar-refractivity contribution is 7.20. The van der Waals surface area contributed by atoms with Gasteiger partial charge in [-0.05, 0) is 49.4 Å². The van der Waals surface area contributed by atoms with Crippen molar-refractivity contribution >= 4 is 56.5 Å². The lowest BCUT2D eigenvalue weighted by Gasteiger charge is -2.18. The zero-order chi connectivity index (χ0) is 22.0. The van der Waals surface area contributed by atoms with Gasteiger partial charge in [-0.25, -0.2) is 14.2 Å². The van der Waals surface area contributed by atoms with E-state index in [4.69, 9.17) is 32.7 Å². The summed E-state index contributed by atoms with van der Waals surface area (Å²) in [7, 11) is 0. The smallest absolute Gasteiger partial charge is 0.419 e. The van der Waals surface area contributed by atoms with Crippen molar-refractivity contribution in [3.63, 3.8) is 0 Å². The molecule has 5 nitrogen and oxygen atoms in total. The van der Waals surface area contributed by atoms with Gasteiger partial charge in [0, 0.05) is 16.3 Å². The maximum absolute atomic E-state index is 13.8. The van der Waals surface area contributed by atoms with E-state index in [1.54, 1.807) is 49.4 Å². The second-order valence-corrected chi connectivity index (χ2v) is 8.29. The molecule has 9 heteroatoms. The Labute approximate surface area is 191 Å². The third-order valence-corrected chi connectivity index (χ3v) is 5.95. The summed E-state index contributed by atoms with van der Waals surface area (Å²) in [6, 6.07) is 16.8. The number of rotatable bonds is 5. The summed E-state index contributed by atoms with van der Waals surface area (Å²) in [6.07, 6.45) is -1.22. The Kier molecular flexibility index (Phi) is 6.27. The van der Waals surface area contributed by atoms with E-state index < -0.39 is 18.0 Å². The van der Waals surface area contributed by atoms with Gasteiger partial charge in [-0.3, -0.25) is 5.32 Å². The number of carbonyl (C=O) groups is 1. The van der Waals surface area contributed by atoms with Crippen LogP contribution in [0, 0.1) is 5.82 Å². The van der Waals surface area contributed by atoms with Crippen molar-refractivity contribution in [2.45, 2.75) is 13.0 Å². The standard InChI is InChI=1S/C22H15Cl2FN2O3S/c1-12(19-15(23)8-9-16(25)20(19)24)29-14-7-10-17-18(11-14)31-22(27-17)30-21(28)26-13-5-3-2-4-6-13/h2-12H,1H3,(H,26,28). The molecule has 3 aromatic carbocycles. The van der Waals surface area contributed by atoms with Gasteiger partial charge in [0.25, 0.3) is 5.19 Å². The van der Waals surface area contributed by atoms with Crippen LogP contribution in [0.3, 0.4) is 0 Å². The lowest BCUT2D eigenvalue weighted by Crippen LogP contribution is -2.16. The maximum atomic E-state index is 13.8.